The summed E-state index contributed by atoms with van der Waals surface area (Å²) in [6.45, 7) is -0.591. The molecule has 1 aliphatic carbocycles. The molecule has 2 fully saturated rings. The van der Waals surface area contributed by atoms with Gasteiger partial charge in [-0.25, -0.2) is 13.4 Å². The van der Waals surface area contributed by atoms with Crippen molar-refractivity contribution in [2.75, 3.05) is 10.8 Å². The van der Waals surface area contributed by atoms with Gasteiger partial charge in [-0.3, -0.25) is 9.89 Å². The summed E-state index contributed by atoms with van der Waals surface area (Å²) >= 11 is 0. The van der Waals surface area contributed by atoms with Crippen LogP contribution in [0.4, 0.5) is 10.1 Å². The van der Waals surface area contributed by atoms with Crippen LogP contribution in [-0.2, 0) is 21.4 Å². The highest BCUT2D eigenvalue weighted by Gasteiger charge is 2.38. The third-order valence-electron chi connectivity index (χ3n) is 5.12. The molecular formula is C17H19FN4O4S. The first-order valence-corrected chi connectivity index (χ1v) is 10.2. The van der Waals surface area contributed by atoms with Crippen LogP contribution in [0.2, 0.25) is 0 Å². The summed E-state index contributed by atoms with van der Waals surface area (Å²) in [5, 5.41) is 17.0. The van der Waals surface area contributed by atoms with Gasteiger partial charge in [0.05, 0.1) is 11.4 Å². The fourth-order valence-electron chi connectivity index (χ4n) is 3.41. The predicted octanol–water partition coefficient (Wildman–Crippen LogP) is 1.84. The summed E-state index contributed by atoms with van der Waals surface area (Å²) in [5.41, 5.74) is 0.695. The summed E-state index contributed by atoms with van der Waals surface area (Å²) in [6.07, 6.45) is 5.57. The number of benzene rings is 1. The summed E-state index contributed by atoms with van der Waals surface area (Å²) in [5.74, 6) is -1.57. The summed E-state index contributed by atoms with van der Waals surface area (Å²) in [4.78, 5) is 11.4. The SMILES string of the molecule is O=C1CN(c2c(O)ccc(-c3cc(CCC4CCC4)n[nH]3)c2F)S(=O)(=O)N1. The van der Waals surface area contributed by atoms with E-state index in [1.54, 1.807) is 10.8 Å². The van der Waals surface area contributed by atoms with Crippen LogP contribution in [0, 0.1) is 11.7 Å². The minimum atomic E-state index is -4.23. The Kier molecular flexibility index (Phi) is 4.29. The van der Waals surface area contributed by atoms with E-state index in [4.69, 9.17) is 0 Å². The maximum atomic E-state index is 15.1. The molecule has 1 amide bonds. The monoisotopic (exact) mass is 394 g/mol. The molecule has 2 aromatic rings. The van der Waals surface area contributed by atoms with Crippen molar-refractivity contribution >= 4 is 21.8 Å². The number of nitrogens with one attached hydrogen (secondary N) is 2. The van der Waals surface area contributed by atoms with E-state index in [0.717, 1.165) is 24.5 Å². The standard InChI is InChI=1S/C17H19FN4O4S/c18-16-12(13-8-11(19-20-13)5-4-10-2-1-3-10)6-7-14(23)17(16)22-9-15(24)21-27(22,25)26/h6-8,10,23H,1-5,9H2,(H,19,20)(H,21,24). The van der Waals surface area contributed by atoms with Gasteiger partial charge < -0.3 is 5.11 Å². The first-order valence-electron chi connectivity index (χ1n) is 8.74. The lowest BCUT2D eigenvalue weighted by Crippen LogP contribution is -2.30. The molecular weight excluding hydrogens is 375 g/mol. The Labute approximate surface area is 155 Å². The quantitative estimate of drug-likeness (QED) is 0.716. The Morgan fingerprint density at radius 3 is 2.74 bits per heavy atom. The number of nitrogens with zero attached hydrogens (tertiary/aromatic N) is 2. The molecule has 27 heavy (non-hydrogen) atoms. The Morgan fingerprint density at radius 2 is 2.11 bits per heavy atom. The number of hydrogen-bond donors (Lipinski definition) is 3. The molecule has 1 aliphatic heterocycles. The molecule has 4 rings (SSSR count). The van der Waals surface area contributed by atoms with Crippen LogP contribution >= 0.6 is 0 Å². The Balaban J connectivity index is 1.64. The van der Waals surface area contributed by atoms with Crippen molar-refractivity contribution in [2.24, 2.45) is 5.92 Å². The van der Waals surface area contributed by atoms with Crippen LogP contribution in [0.25, 0.3) is 11.3 Å². The zero-order chi connectivity index (χ0) is 19.2. The zero-order valence-electron chi connectivity index (χ0n) is 14.4. The number of amides is 1. The molecule has 1 aromatic heterocycles. The number of aryl methyl sites for hydroxylation is 1. The molecule has 1 saturated carbocycles. The largest absolute Gasteiger partial charge is 0.506 e. The lowest BCUT2D eigenvalue weighted by molar-refractivity contribution is -0.117. The van der Waals surface area contributed by atoms with Gasteiger partial charge in [0.25, 0.3) is 5.91 Å². The first-order chi connectivity index (χ1) is 12.8. The van der Waals surface area contributed by atoms with E-state index in [2.05, 4.69) is 10.2 Å². The number of anilines is 1. The zero-order valence-corrected chi connectivity index (χ0v) is 15.2. The number of H-pyrrole nitrogens is 1. The van der Waals surface area contributed by atoms with E-state index >= 15 is 4.39 Å². The van der Waals surface area contributed by atoms with Gasteiger partial charge in [0, 0.05) is 5.56 Å². The third-order valence-corrected chi connectivity index (χ3v) is 6.50. The number of phenolic OH excluding ortho intramolecular Hbond substituents is 1. The van der Waals surface area contributed by atoms with E-state index in [9.17, 15) is 18.3 Å². The number of carbonyl (C=O) groups excluding carboxylic acids is 1. The maximum absolute atomic E-state index is 15.1. The molecule has 2 heterocycles. The van der Waals surface area contributed by atoms with Gasteiger partial charge in [-0.15, -0.1) is 0 Å². The number of rotatable bonds is 5. The third kappa shape index (κ3) is 3.25. The second kappa shape index (κ2) is 6.52. The molecule has 0 radical (unpaired) electrons. The second-order valence-electron chi connectivity index (χ2n) is 6.94. The number of hydrogen-bond acceptors (Lipinski definition) is 5. The van der Waals surface area contributed by atoms with E-state index in [-0.39, 0.29) is 5.56 Å². The molecule has 10 heteroatoms. The molecule has 0 spiro atoms. The van der Waals surface area contributed by atoms with Gasteiger partial charge in [0.2, 0.25) is 0 Å². The number of phenols is 1. The molecule has 0 unspecified atom stereocenters. The van der Waals surface area contributed by atoms with Crippen LogP contribution in [0.3, 0.4) is 0 Å². The fourth-order valence-corrected chi connectivity index (χ4v) is 4.57. The number of aromatic nitrogens is 2. The average Bonchev–Trinajstić information content (AvgIpc) is 3.10. The van der Waals surface area contributed by atoms with Gasteiger partial charge in [-0.1, -0.05) is 19.3 Å². The van der Waals surface area contributed by atoms with Crippen molar-refractivity contribution in [1.82, 2.24) is 14.9 Å². The van der Waals surface area contributed by atoms with Crippen molar-refractivity contribution in [3.8, 4) is 17.0 Å². The number of halogens is 1. The minimum absolute atomic E-state index is 0.0692. The van der Waals surface area contributed by atoms with E-state index in [1.807, 2.05) is 0 Å². The molecule has 144 valence electrons. The van der Waals surface area contributed by atoms with Gasteiger partial charge in [0.1, 0.15) is 18.0 Å². The van der Waals surface area contributed by atoms with Crippen molar-refractivity contribution in [2.45, 2.75) is 32.1 Å². The molecule has 2 aliphatic rings. The lowest BCUT2D eigenvalue weighted by atomic mass is 9.82. The molecule has 0 atom stereocenters. The van der Waals surface area contributed by atoms with Crippen molar-refractivity contribution in [3.05, 3.63) is 29.7 Å². The van der Waals surface area contributed by atoms with Crippen molar-refractivity contribution in [1.29, 1.82) is 0 Å². The number of aromatic hydroxyl groups is 1. The summed E-state index contributed by atoms with van der Waals surface area (Å²) in [6, 6.07) is 4.26. The highest BCUT2D eigenvalue weighted by atomic mass is 32.2. The highest BCUT2D eigenvalue weighted by molar-refractivity contribution is 7.92. The van der Waals surface area contributed by atoms with Crippen LogP contribution < -0.4 is 9.03 Å². The number of aromatic amines is 1. The molecule has 1 saturated heterocycles. The predicted molar refractivity (Wildman–Crippen MR) is 95.7 cm³/mol. The Morgan fingerprint density at radius 1 is 1.33 bits per heavy atom. The topological polar surface area (TPSA) is 115 Å². The van der Waals surface area contributed by atoms with Crippen molar-refractivity contribution < 1.29 is 22.7 Å². The second-order valence-corrected chi connectivity index (χ2v) is 8.54. The Bertz CT molecular complexity index is 1000. The van der Waals surface area contributed by atoms with Crippen LogP contribution in [0.15, 0.2) is 18.2 Å². The smallest absolute Gasteiger partial charge is 0.326 e. The van der Waals surface area contributed by atoms with E-state index < -0.39 is 39.9 Å². The van der Waals surface area contributed by atoms with Gasteiger partial charge >= 0.3 is 10.2 Å². The normalized spacial score (nSPS) is 19.1. The van der Waals surface area contributed by atoms with Crippen LogP contribution in [0.5, 0.6) is 5.75 Å². The van der Waals surface area contributed by atoms with E-state index in [1.165, 1.54) is 31.4 Å². The van der Waals surface area contributed by atoms with Gasteiger partial charge in [-0.05, 0) is 37.0 Å². The maximum Gasteiger partial charge on any atom is 0.326 e. The van der Waals surface area contributed by atoms with Gasteiger partial charge in [0.15, 0.2) is 5.82 Å². The van der Waals surface area contributed by atoms with Gasteiger partial charge in [-0.2, -0.15) is 13.5 Å². The molecule has 8 nitrogen and oxygen atoms in total. The molecule has 3 N–H and O–H groups in total. The highest BCUT2D eigenvalue weighted by Crippen LogP contribution is 2.38. The fraction of sp³-hybridized carbons (Fsp3) is 0.412. The average molecular weight is 394 g/mol. The van der Waals surface area contributed by atoms with Crippen LogP contribution in [-0.4, -0.2) is 36.2 Å². The Hall–Kier alpha value is -2.62. The number of carbonyl (C=O) groups is 1. The molecule has 1 aromatic carbocycles. The first kappa shape index (κ1) is 17.8. The minimum Gasteiger partial charge on any atom is -0.506 e. The lowest BCUT2D eigenvalue weighted by Gasteiger charge is -2.24. The summed E-state index contributed by atoms with van der Waals surface area (Å²) < 4.78 is 41.4. The molecule has 0 bridgehead atoms. The van der Waals surface area contributed by atoms with Crippen LogP contribution in [0.1, 0.15) is 31.4 Å². The van der Waals surface area contributed by atoms with Crippen molar-refractivity contribution in [3.63, 3.8) is 0 Å². The van der Waals surface area contributed by atoms with E-state index in [0.29, 0.717) is 10.00 Å². The summed E-state index contributed by atoms with van der Waals surface area (Å²) in [7, 11) is -4.23.